The van der Waals surface area contributed by atoms with Gasteiger partial charge in [0.2, 0.25) is 0 Å². The smallest absolute Gasteiger partial charge is 0.269 e. The molecule has 2 unspecified atom stereocenters. The molecule has 1 aliphatic heterocycles. The normalized spacial score (nSPS) is 19.8. The van der Waals surface area contributed by atoms with Gasteiger partial charge in [0, 0.05) is 55.1 Å². The Labute approximate surface area is 163 Å². The number of para-hydroxylation sites is 1. The second-order valence-corrected chi connectivity index (χ2v) is 7.42. The van der Waals surface area contributed by atoms with E-state index in [4.69, 9.17) is 10.8 Å². The Balaban J connectivity index is 1.70. The largest absolute Gasteiger partial charge is 0.326 e. The Hall–Kier alpha value is -3.03. The number of likely N-dealkylation sites (tertiary alicyclic amines) is 1. The monoisotopic (exact) mass is 377 g/mol. The van der Waals surface area contributed by atoms with Gasteiger partial charge in [0.1, 0.15) is 0 Å². The van der Waals surface area contributed by atoms with Crippen molar-refractivity contribution in [2.45, 2.75) is 19.5 Å². The van der Waals surface area contributed by atoms with Crippen LogP contribution in [0.15, 0.2) is 60.8 Å². The zero-order chi connectivity index (χ0) is 19.7. The van der Waals surface area contributed by atoms with Gasteiger partial charge in [-0.3, -0.25) is 15.0 Å². The molecule has 0 amide bonds. The second-order valence-electron chi connectivity index (χ2n) is 7.42. The fourth-order valence-electron chi connectivity index (χ4n) is 3.69. The van der Waals surface area contributed by atoms with Crippen LogP contribution in [0, 0.1) is 16.0 Å². The van der Waals surface area contributed by atoms with Gasteiger partial charge >= 0.3 is 0 Å². The van der Waals surface area contributed by atoms with E-state index in [-0.39, 0.29) is 16.7 Å². The fraction of sp³-hybridized carbons (Fsp3) is 0.286. The summed E-state index contributed by atoms with van der Waals surface area (Å²) in [5, 5.41) is 15.8. The highest BCUT2D eigenvalue weighted by molar-refractivity contribution is 5.64. The predicted octanol–water partition coefficient (Wildman–Crippen LogP) is 3.23. The second kappa shape index (κ2) is 7.53. The van der Waals surface area contributed by atoms with Crippen LogP contribution in [0.5, 0.6) is 0 Å². The van der Waals surface area contributed by atoms with Crippen molar-refractivity contribution in [1.82, 2.24) is 14.7 Å². The van der Waals surface area contributed by atoms with E-state index < -0.39 is 0 Å². The van der Waals surface area contributed by atoms with Gasteiger partial charge < -0.3 is 5.73 Å². The molecule has 2 heterocycles. The lowest BCUT2D eigenvalue weighted by molar-refractivity contribution is -0.384. The van der Waals surface area contributed by atoms with Crippen LogP contribution < -0.4 is 5.73 Å². The van der Waals surface area contributed by atoms with Gasteiger partial charge in [-0.25, -0.2) is 4.68 Å². The molecule has 7 heteroatoms. The number of hydrogen-bond acceptors (Lipinski definition) is 5. The Morgan fingerprint density at radius 3 is 2.46 bits per heavy atom. The van der Waals surface area contributed by atoms with E-state index in [1.807, 2.05) is 41.2 Å². The van der Waals surface area contributed by atoms with Crippen molar-refractivity contribution in [3.63, 3.8) is 0 Å². The Morgan fingerprint density at radius 1 is 1.14 bits per heavy atom. The van der Waals surface area contributed by atoms with Crippen molar-refractivity contribution in [2.24, 2.45) is 11.7 Å². The summed E-state index contributed by atoms with van der Waals surface area (Å²) in [5.74, 6) is 0.465. The lowest BCUT2D eigenvalue weighted by atomic mass is 10.1. The molecule has 144 valence electrons. The van der Waals surface area contributed by atoms with Gasteiger partial charge in [0.15, 0.2) is 0 Å². The van der Waals surface area contributed by atoms with E-state index in [9.17, 15) is 10.1 Å². The zero-order valence-electron chi connectivity index (χ0n) is 15.7. The molecule has 0 aliphatic carbocycles. The minimum atomic E-state index is -0.389. The first-order valence-corrected chi connectivity index (χ1v) is 9.38. The number of nitro benzene ring substituents is 1. The van der Waals surface area contributed by atoms with E-state index in [1.54, 1.807) is 12.1 Å². The van der Waals surface area contributed by atoms with E-state index in [2.05, 4.69) is 11.8 Å². The summed E-state index contributed by atoms with van der Waals surface area (Å²) in [5.41, 5.74) is 10.0. The maximum Gasteiger partial charge on any atom is 0.269 e. The molecule has 2 N–H and O–H groups in total. The van der Waals surface area contributed by atoms with Crippen molar-refractivity contribution in [2.75, 3.05) is 13.1 Å². The summed E-state index contributed by atoms with van der Waals surface area (Å²) >= 11 is 0. The van der Waals surface area contributed by atoms with Crippen LogP contribution in [0.3, 0.4) is 0 Å². The molecule has 2 atom stereocenters. The number of aromatic nitrogens is 2. The van der Waals surface area contributed by atoms with Crippen LogP contribution >= 0.6 is 0 Å². The van der Waals surface area contributed by atoms with Gasteiger partial charge in [0.05, 0.1) is 16.3 Å². The van der Waals surface area contributed by atoms with E-state index in [0.717, 1.165) is 42.1 Å². The number of non-ortho nitro benzene ring substituents is 1. The van der Waals surface area contributed by atoms with Gasteiger partial charge in [-0.15, -0.1) is 0 Å². The van der Waals surface area contributed by atoms with E-state index in [0.29, 0.717) is 5.92 Å². The van der Waals surface area contributed by atoms with Crippen molar-refractivity contribution < 1.29 is 4.92 Å². The standard InChI is InChI=1S/C21H23N5O2/c1-15-11-24(14-20(15)22)12-17-13-25(18-5-3-2-4-6-18)23-21(17)16-7-9-19(10-8-16)26(27)28/h2-10,13,15,20H,11-12,14,22H2,1H3. The van der Waals surface area contributed by atoms with Crippen LogP contribution in [-0.2, 0) is 6.54 Å². The lowest BCUT2D eigenvalue weighted by Gasteiger charge is -2.15. The Bertz CT molecular complexity index is 958. The molecule has 3 aromatic rings. The molecule has 1 fully saturated rings. The number of nitro groups is 1. The number of rotatable bonds is 5. The van der Waals surface area contributed by atoms with Gasteiger partial charge in [-0.05, 0) is 30.2 Å². The molecule has 0 bridgehead atoms. The number of nitrogens with two attached hydrogens (primary N) is 1. The number of nitrogens with zero attached hydrogens (tertiary/aromatic N) is 4. The lowest BCUT2D eigenvalue weighted by Crippen LogP contribution is -2.28. The molecule has 0 radical (unpaired) electrons. The zero-order valence-corrected chi connectivity index (χ0v) is 15.7. The maximum absolute atomic E-state index is 11.0. The first-order valence-electron chi connectivity index (χ1n) is 9.38. The molecular weight excluding hydrogens is 354 g/mol. The highest BCUT2D eigenvalue weighted by Crippen LogP contribution is 2.28. The molecule has 7 nitrogen and oxygen atoms in total. The summed E-state index contributed by atoms with van der Waals surface area (Å²) in [7, 11) is 0. The van der Waals surface area contributed by atoms with E-state index >= 15 is 0 Å². The van der Waals surface area contributed by atoms with Crippen molar-refractivity contribution in [1.29, 1.82) is 0 Å². The molecule has 28 heavy (non-hydrogen) atoms. The third kappa shape index (κ3) is 3.67. The van der Waals surface area contributed by atoms with Crippen molar-refractivity contribution in [3.8, 4) is 16.9 Å². The summed E-state index contributed by atoms with van der Waals surface area (Å²) in [6, 6.07) is 16.7. The van der Waals surface area contributed by atoms with Crippen LogP contribution in [-0.4, -0.2) is 38.7 Å². The molecule has 2 aromatic carbocycles. The fourth-order valence-corrected chi connectivity index (χ4v) is 3.69. The van der Waals surface area contributed by atoms with Crippen LogP contribution in [0.2, 0.25) is 0 Å². The SMILES string of the molecule is CC1CN(Cc2cn(-c3ccccc3)nc2-c2ccc([N+](=O)[O-])cc2)CC1N. The quantitative estimate of drug-likeness (QED) is 0.545. The highest BCUT2D eigenvalue weighted by Gasteiger charge is 2.27. The molecule has 1 aromatic heterocycles. The molecule has 1 saturated heterocycles. The molecule has 0 saturated carbocycles. The first kappa shape index (κ1) is 18.3. The topological polar surface area (TPSA) is 90.2 Å². The molecule has 4 rings (SSSR count). The summed E-state index contributed by atoms with van der Waals surface area (Å²) in [6.07, 6.45) is 2.04. The molecular formula is C21H23N5O2. The van der Waals surface area contributed by atoms with Gasteiger partial charge in [-0.2, -0.15) is 5.10 Å². The van der Waals surface area contributed by atoms with Crippen molar-refractivity contribution in [3.05, 3.63) is 76.5 Å². The van der Waals surface area contributed by atoms with Gasteiger partial charge in [-0.1, -0.05) is 25.1 Å². The predicted molar refractivity (Wildman–Crippen MR) is 108 cm³/mol. The van der Waals surface area contributed by atoms with Crippen LogP contribution in [0.4, 0.5) is 5.69 Å². The minimum Gasteiger partial charge on any atom is -0.326 e. The van der Waals surface area contributed by atoms with Crippen LogP contribution in [0.1, 0.15) is 12.5 Å². The number of benzene rings is 2. The third-order valence-electron chi connectivity index (χ3n) is 5.30. The summed E-state index contributed by atoms with van der Waals surface area (Å²) < 4.78 is 1.87. The maximum atomic E-state index is 11.0. The molecule has 0 spiro atoms. The third-order valence-corrected chi connectivity index (χ3v) is 5.30. The summed E-state index contributed by atoms with van der Waals surface area (Å²) in [6.45, 7) is 4.74. The summed E-state index contributed by atoms with van der Waals surface area (Å²) in [4.78, 5) is 12.9. The highest BCUT2D eigenvalue weighted by atomic mass is 16.6. The number of hydrogen-bond donors (Lipinski definition) is 1. The molecule has 1 aliphatic rings. The van der Waals surface area contributed by atoms with Gasteiger partial charge in [0.25, 0.3) is 5.69 Å². The Kier molecular flexibility index (Phi) is 4.93. The Morgan fingerprint density at radius 2 is 1.86 bits per heavy atom. The van der Waals surface area contributed by atoms with E-state index in [1.165, 1.54) is 12.1 Å². The average molecular weight is 377 g/mol. The minimum absolute atomic E-state index is 0.0760. The van der Waals surface area contributed by atoms with Crippen LogP contribution in [0.25, 0.3) is 16.9 Å². The first-order chi connectivity index (χ1) is 13.5. The van der Waals surface area contributed by atoms with Crippen molar-refractivity contribution >= 4 is 5.69 Å². The average Bonchev–Trinajstić information content (AvgIpc) is 3.26.